The fraction of sp³-hybridized carbons (Fsp3) is 0.286. The highest BCUT2D eigenvalue weighted by molar-refractivity contribution is 7.14. The summed E-state index contributed by atoms with van der Waals surface area (Å²) in [6.45, 7) is 0. The van der Waals surface area contributed by atoms with E-state index in [9.17, 15) is 9.90 Å². The minimum Gasteiger partial charge on any atom is -0.508 e. The van der Waals surface area contributed by atoms with Crippen molar-refractivity contribution in [3.8, 4) is 17.0 Å². The van der Waals surface area contributed by atoms with Gasteiger partial charge in [0, 0.05) is 16.9 Å². The van der Waals surface area contributed by atoms with Gasteiger partial charge in [-0.1, -0.05) is 18.6 Å². The number of hydrogen-bond donors (Lipinski definition) is 2. The molecule has 2 aromatic rings. The Kier molecular flexibility index (Phi) is 3.21. The zero-order valence-electron chi connectivity index (χ0n) is 10.3. The van der Waals surface area contributed by atoms with Crippen LogP contribution in [0.25, 0.3) is 11.3 Å². The fourth-order valence-electron chi connectivity index (χ4n) is 2.01. The number of hydrogen-bond acceptors (Lipinski definition) is 4. The number of thiazole rings is 1. The fourth-order valence-corrected chi connectivity index (χ4v) is 2.73. The second-order valence-corrected chi connectivity index (χ2v) is 5.56. The van der Waals surface area contributed by atoms with Gasteiger partial charge in [-0.15, -0.1) is 11.3 Å². The Labute approximate surface area is 115 Å². The smallest absolute Gasteiger partial charge is 0.229 e. The van der Waals surface area contributed by atoms with Crippen molar-refractivity contribution >= 4 is 22.4 Å². The van der Waals surface area contributed by atoms with Gasteiger partial charge in [-0.2, -0.15) is 0 Å². The minimum absolute atomic E-state index is 0.0723. The standard InChI is InChI=1S/C14H14N2O2S/c17-11-6-2-5-10(7-11)12-8-19-14(15-12)16-13(18)9-3-1-4-9/h2,5-9,17H,1,3-4H2,(H,15,16,18). The van der Waals surface area contributed by atoms with Crippen LogP contribution in [0.1, 0.15) is 19.3 Å². The van der Waals surface area contributed by atoms with E-state index in [-0.39, 0.29) is 17.6 Å². The van der Waals surface area contributed by atoms with E-state index in [2.05, 4.69) is 10.3 Å². The van der Waals surface area contributed by atoms with Gasteiger partial charge in [0.1, 0.15) is 5.75 Å². The Morgan fingerprint density at radius 2 is 2.26 bits per heavy atom. The van der Waals surface area contributed by atoms with Crippen LogP contribution in [-0.4, -0.2) is 16.0 Å². The highest BCUT2D eigenvalue weighted by Crippen LogP contribution is 2.30. The number of carbonyl (C=O) groups excluding carboxylic acids is 1. The first-order valence-electron chi connectivity index (χ1n) is 6.28. The Morgan fingerprint density at radius 1 is 1.42 bits per heavy atom. The van der Waals surface area contributed by atoms with Crippen LogP contribution >= 0.6 is 11.3 Å². The Hall–Kier alpha value is -1.88. The number of phenols is 1. The van der Waals surface area contributed by atoms with Crippen LogP contribution in [0, 0.1) is 5.92 Å². The van der Waals surface area contributed by atoms with Crippen LogP contribution in [0.3, 0.4) is 0 Å². The molecule has 1 aromatic carbocycles. The number of nitrogens with one attached hydrogen (secondary N) is 1. The molecule has 0 saturated heterocycles. The first-order valence-corrected chi connectivity index (χ1v) is 7.16. The highest BCUT2D eigenvalue weighted by Gasteiger charge is 2.25. The predicted octanol–water partition coefficient (Wildman–Crippen LogP) is 3.25. The number of benzene rings is 1. The van der Waals surface area contributed by atoms with Crippen LogP contribution in [-0.2, 0) is 4.79 Å². The summed E-state index contributed by atoms with van der Waals surface area (Å²) in [6.07, 6.45) is 3.11. The summed E-state index contributed by atoms with van der Waals surface area (Å²) in [5.41, 5.74) is 1.62. The lowest BCUT2D eigenvalue weighted by molar-refractivity contribution is -0.122. The van der Waals surface area contributed by atoms with Crippen LogP contribution < -0.4 is 5.32 Å². The molecule has 1 heterocycles. The van der Waals surface area contributed by atoms with Gasteiger partial charge in [-0.05, 0) is 25.0 Å². The molecule has 0 atom stereocenters. The third kappa shape index (κ3) is 2.61. The van der Waals surface area contributed by atoms with Crippen molar-refractivity contribution < 1.29 is 9.90 Å². The molecule has 0 unspecified atom stereocenters. The van der Waals surface area contributed by atoms with E-state index < -0.39 is 0 Å². The maximum atomic E-state index is 11.8. The number of aromatic nitrogens is 1. The van der Waals surface area contributed by atoms with Crippen molar-refractivity contribution in [2.75, 3.05) is 5.32 Å². The molecule has 19 heavy (non-hydrogen) atoms. The van der Waals surface area contributed by atoms with Crippen molar-refractivity contribution in [3.63, 3.8) is 0 Å². The molecule has 5 heteroatoms. The lowest BCUT2D eigenvalue weighted by Gasteiger charge is -2.23. The van der Waals surface area contributed by atoms with Crippen LogP contribution in [0.5, 0.6) is 5.75 Å². The molecular formula is C14H14N2O2S. The number of phenolic OH excluding ortho intramolecular Hbond substituents is 1. The van der Waals surface area contributed by atoms with Gasteiger partial charge in [-0.25, -0.2) is 4.98 Å². The van der Waals surface area contributed by atoms with E-state index in [1.165, 1.54) is 11.3 Å². The molecule has 0 bridgehead atoms. The number of amides is 1. The summed E-state index contributed by atoms with van der Waals surface area (Å²) in [4.78, 5) is 16.2. The van der Waals surface area contributed by atoms with Crippen LogP contribution in [0.4, 0.5) is 5.13 Å². The average Bonchev–Trinajstić information content (AvgIpc) is 2.75. The lowest BCUT2D eigenvalue weighted by Crippen LogP contribution is -2.27. The number of rotatable bonds is 3. The summed E-state index contributed by atoms with van der Waals surface area (Å²) in [6, 6.07) is 6.94. The Morgan fingerprint density at radius 3 is 2.95 bits per heavy atom. The van der Waals surface area contributed by atoms with E-state index in [0.29, 0.717) is 5.13 Å². The zero-order valence-corrected chi connectivity index (χ0v) is 11.1. The summed E-state index contributed by atoms with van der Waals surface area (Å²) in [5, 5.41) is 14.8. The van der Waals surface area contributed by atoms with Gasteiger partial charge < -0.3 is 10.4 Å². The number of carbonyl (C=O) groups is 1. The predicted molar refractivity (Wildman–Crippen MR) is 75.2 cm³/mol. The van der Waals surface area contributed by atoms with Crippen LogP contribution in [0.15, 0.2) is 29.6 Å². The molecule has 1 fully saturated rings. The molecule has 0 aliphatic heterocycles. The van der Waals surface area contributed by atoms with Crippen molar-refractivity contribution in [1.82, 2.24) is 4.98 Å². The molecule has 0 radical (unpaired) electrons. The van der Waals surface area contributed by atoms with Crippen molar-refractivity contribution in [2.24, 2.45) is 5.92 Å². The molecule has 1 saturated carbocycles. The molecule has 1 aliphatic rings. The topological polar surface area (TPSA) is 62.2 Å². The van der Waals surface area contributed by atoms with E-state index in [1.807, 2.05) is 11.4 Å². The van der Waals surface area contributed by atoms with E-state index in [0.717, 1.165) is 30.5 Å². The molecule has 1 aromatic heterocycles. The molecule has 1 aliphatic carbocycles. The van der Waals surface area contributed by atoms with Crippen molar-refractivity contribution in [3.05, 3.63) is 29.6 Å². The number of anilines is 1. The Balaban J connectivity index is 1.74. The van der Waals surface area contributed by atoms with Gasteiger partial charge in [0.15, 0.2) is 5.13 Å². The van der Waals surface area contributed by atoms with Crippen molar-refractivity contribution in [1.29, 1.82) is 0 Å². The summed E-state index contributed by atoms with van der Waals surface area (Å²) in [7, 11) is 0. The maximum absolute atomic E-state index is 11.8. The van der Waals surface area contributed by atoms with E-state index in [1.54, 1.807) is 18.2 Å². The van der Waals surface area contributed by atoms with E-state index in [4.69, 9.17) is 0 Å². The summed E-state index contributed by atoms with van der Waals surface area (Å²) < 4.78 is 0. The first kappa shape index (κ1) is 12.2. The normalized spacial score (nSPS) is 14.9. The number of aromatic hydroxyl groups is 1. The lowest BCUT2D eigenvalue weighted by atomic mass is 9.85. The van der Waals surface area contributed by atoms with Gasteiger partial charge in [0.2, 0.25) is 5.91 Å². The van der Waals surface area contributed by atoms with Crippen molar-refractivity contribution in [2.45, 2.75) is 19.3 Å². The summed E-state index contributed by atoms with van der Waals surface area (Å²) >= 11 is 1.41. The SMILES string of the molecule is O=C(Nc1nc(-c2cccc(O)c2)cs1)C1CCC1. The highest BCUT2D eigenvalue weighted by atomic mass is 32.1. The van der Waals surface area contributed by atoms with Gasteiger partial charge in [0.25, 0.3) is 0 Å². The quantitative estimate of drug-likeness (QED) is 0.903. The van der Waals surface area contributed by atoms with Gasteiger partial charge in [-0.3, -0.25) is 4.79 Å². The minimum atomic E-state index is 0.0723. The second-order valence-electron chi connectivity index (χ2n) is 4.71. The zero-order chi connectivity index (χ0) is 13.2. The molecular weight excluding hydrogens is 260 g/mol. The second kappa shape index (κ2) is 5.01. The maximum Gasteiger partial charge on any atom is 0.229 e. The average molecular weight is 274 g/mol. The third-order valence-corrected chi connectivity index (χ3v) is 4.11. The van der Waals surface area contributed by atoms with Gasteiger partial charge in [0.05, 0.1) is 5.69 Å². The van der Waals surface area contributed by atoms with Crippen LogP contribution in [0.2, 0.25) is 0 Å². The third-order valence-electron chi connectivity index (χ3n) is 3.35. The first-order chi connectivity index (χ1) is 9.22. The molecule has 0 spiro atoms. The molecule has 4 nitrogen and oxygen atoms in total. The molecule has 3 rings (SSSR count). The Bertz CT molecular complexity index is 605. The van der Waals surface area contributed by atoms with Gasteiger partial charge >= 0.3 is 0 Å². The molecule has 1 amide bonds. The summed E-state index contributed by atoms with van der Waals surface area (Å²) in [5.74, 6) is 0.446. The molecule has 2 N–H and O–H groups in total. The number of nitrogens with zero attached hydrogens (tertiary/aromatic N) is 1. The largest absolute Gasteiger partial charge is 0.508 e. The molecule has 98 valence electrons. The monoisotopic (exact) mass is 274 g/mol. The van der Waals surface area contributed by atoms with E-state index >= 15 is 0 Å².